The van der Waals surface area contributed by atoms with Crippen molar-refractivity contribution in [2.24, 2.45) is 7.05 Å². The number of carbonyl (C=O) groups is 1. The van der Waals surface area contributed by atoms with Gasteiger partial charge in [-0.25, -0.2) is 0 Å². The Morgan fingerprint density at radius 1 is 1.29 bits per heavy atom. The number of piperidine rings is 1. The van der Waals surface area contributed by atoms with Gasteiger partial charge in [-0.2, -0.15) is 0 Å². The van der Waals surface area contributed by atoms with E-state index in [-0.39, 0.29) is 18.4 Å². The summed E-state index contributed by atoms with van der Waals surface area (Å²) in [5.41, 5.74) is 1.88. The summed E-state index contributed by atoms with van der Waals surface area (Å²) < 4.78 is 2.08. The fourth-order valence-corrected chi connectivity index (χ4v) is 3.57. The molecule has 1 fully saturated rings. The predicted molar refractivity (Wildman–Crippen MR) is 94.7 cm³/mol. The predicted octanol–water partition coefficient (Wildman–Crippen LogP) is 3.86. The first-order valence-electron chi connectivity index (χ1n) is 8.40. The van der Waals surface area contributed by atoms with Gasteiger partial charge >= 0.3 is 0 Å². The Morgan fingerprint density at radius 2 is 2.04 bits per heavy atom. The molecule has 128 valence electrons. The highest BCUT2D eigenvalue weighted by molar-refractivity contribution is 6.30. The number of carbonyl (C=O) groups excluding carboxylic acids is 1. The Labute approximate surface area is 147 Å². The fraction of sp³-hybridized carbons (Fsp3) is 0.421. The number of amides is 1. The number of aryl methyl sites for hydroxylation is 1. The van der Waals surface area contributed by atoms with E-state index in [1.807, 2.05) is 24.2 Å². The van der Waals surface area contributed by atoms with E-state index in [0.717, 1.165) is 37.1 Å². The minimum atomic E-state index is -0.800. The second-order valence-electron chi connectivity index (χ2n) is 6.41. The van der Waals surface area contributed by atoms with Gasteiger partial charge in [-0.1, -0.05) is 23.7 Å². The second kappa shape index (κ2) is 7.41. The van der Waals surface area contributed by atoms with E-state index < -0.39 is 6.10 Å². The maximum Gasteiger partial charge on any atom is 0.226 e. The number of benzene rings is 1. The molecule has 0 unspecified atom stereocenters. The van der Waals surface area contributed by atoms with Crippen LogP contribution in [0.1, 0.15) is 49.1 Å². The van der Waals surface area contributed by atoms with Gasteiger partial charge in [-0.3, -0.25) is 4.79 Å². The normalized spacial score (nSPS) is 19.3. The third-order valence-corrected chi connectivity index (χ3v) is 5.02. The molecule has 5 heteroatoms. The van der Waals surface area contributed by atoms with Crippen LogP contribution in [0.3, 0.4) is 0 Å². The van der Waals surface area contributed by atoms with E-state index in [1.54, 1.807) is 24.3 Å². The summed E-state index contributed by atoms with van der Waals surface area (Å²) in [4.78, 5) is 14.7. The lowest BCUT2D eigenvalue weighted by Crippen LogP contribution is -2.39. The van der Waals surface area contributed by atoms with Gasteiger partial charge in [0.25, 0.3) is 0 Å². The van der Waals surface area contributed by atoms with Crippen molar-refractivity contribution in [1.82, 2.24) is 9.47 Å². The Bertz CT molecular complexity index is 696. The van der Waals surface area contributed by atoms with E-state index in [1.165, 1.54) is 0 Å². The second-order valence-corrected chi connectivity index (χ2v) is 6.85. The zero-order valence-electron chi connectivity index (χ0n) is 13.9. The molecule has 1 aromatic carbocycles. The fourth-order valence-electron chi connectivity index (χ4n) is 3.44. The molecule has 1 aliphatic rings. The lowest BCUT2D eigenvalue weighted by atomic mass is 9.97. The summed E-state index contributed by atoms with van der Waals surface area (Å²) in [6, 6.07) is 11.2. The molecule has 1 saturated heterocycles. The SMILES string of the molecule is Cn1cccc1[C@@H]1CCCCN1C(=O)C[C@@H](O)c1ccc(Cl)cc1. The number of hydrogen-bond donors (Lipinski definition) is 1. The molecular weight excluding hydrogens is 324 g/mol. The molecule has 1 amide bonds. The zero-order chi connectivity index (χ0) is 17.1. The van der Waals surface area contributed by atoms with Crippen LogP contribution in [0.25, 0.3) is 0 Å². The molecule has 2 heterocycles. The highest BCUT2D eigenvalue weighted by atomic mass is 35.5. The molecule has 0 spiro atoms. The topological polar surface area (TPSA) is 45.5 Å². The Kier molecular flexibility index (Phi) is 5.27. The van der Waals surface area contributed by atoms with Gasteiger partial charge in [-0.15, -0.1) is 0 Å². The van der Waals surface area contributed by atoms with Crippen LogP contribution in [0.4, 0.5) is 0 Å². The molecule has 24 heavy (non-hydrogen) atoms. The molecule has 0 saturated carbocycles. The minimum absolute atomic E-state index is 0.00310. The summed E-state index contributed by atoms with van der Waals surface area (Å²) in [6.45, 7) is 0.752. The highest BCUT2D eigenvalue weighted by Crippen LogP contribution is 2.32. The average Bonchev–Trinajstić information content (AvgIpc) is 3.01. The van der Waals surface area contributed by atoms with Gasteiger partial charge in [0.2, 0.25) is 5.91 Å². The van der Waals surface area contributed by atoms with Crippen molar-refractivity contribution < 1.29 is 9.90 Å². The summed E-state index contributed by atoms with van der Waals surface area (Å²) in [7, 11) is 2.01. The number of aliphatic hydroxyl groups is 1. The van der Waals surface area contributed by atoms with Crippen molar-refractivity contribution in [3.05, 3.63) is 58.9 Å². The third kappa shape index (κ3) is 3.65. The van der Waals surface area contributed by atoms with Gasteiger partial charge in [0.15, 0.2) is 0 Å². The van der Waals surface area contributed by atoms with E-state index in [9.17, 15) is 9.90 Å². The molecule has 0 aliphatic carbocycles. The van der Waals surface area contributed by atoms with Crippen molar-refractivity contribution >= 4 is 17.5 Å². The Hall–Kier alpha value is -1.78. The molecule has 1 aromatic heterocycles. The van der Waals surface area contributed by atoms with Crippen LogP contribution < -0.4 is 0 Å². The maximum absolute atomic E-state index is 12.8. The van der Waals surface area contributed by atoms with Gasteiger partial charge in [-0.05, 0) is 49.1 Å². The molecule has 0 radical (unpaired) electrons. The zero-order valence-corrected chi connectivity index (χ0v) is 14.6. The molecule has 1 N–H and O–H groups in total. The van der Waals surface area contributed by atoms with E-state index in [0.29, 0.717) is 5.02 Å². The first kappa shape index (κ1) is 17.1. The van der Waals surface area contributed by atoms with Crippen LogP contribution in [-0.4, -0.2) is 27.0 Å². The third-order valence-electron chi connectivity index (χ3n) is 4.77. The van der Waals surface area contributed by atoms with Crippen molar-refractivity contribution in [2.45, 2.75) is 37.8 Å². The van der Waals surface area contributed by atoms with Crippen LogP contribution >= 0.6 is 11.6 Å². The first-order chi connectivity index (χ1) is 11.6. The summed E-state index contributed by atoms with van der Waals surface area (Å²) in [6.07, 6.45) is 4.42. The molecule has 0 bridgehead atoms. The summed E-state index contributed by atoms with van der Waals surface area (Å²) in [5, 5.41) is 11.0. The van der Waals surface area contributed by atoms with Crippen molar-refractivity contribution in [1.29, 1.82) is 0 Å². The van der Waals surface area contributed by atoms with Crippen LogP contribution in [-0.2, 0) is 11.8 Å². The molecule has 1 aliphatic heterocycles. The van der Waals surface area contributed by atoms with E-state index >= 15 is 0 Å². The molecule has 3 rings (SSSR count). The Balaban J connectivity index is 1.72. The van der Waals surface area contributed by atoms with Crippen LogP contribution in [0.15, 0.2) is 42.6 Å². The van der Waals surface area contributed by atoms with Crippen LogP contribution in [0.2, 0.25) is 5.02 Å². The standard InChI is InChI=1S/C19H23ClN2O2/c1-21-11-4-6-16(21)17-5-2-3-12-22(17)19(24)13-18(23)14-7-9-15(20)10-8-14/h4,6-11,17-18,23H,2-3,5,12-13H2,1H3/t17-,18+/m0/s1. The highest BCUT2D eigenvalue weighted by Gasteiger charge is 2.30. The Morgan fingerprint density at radius 3 is 2.71 bits per heavy atom. The smallest absolute Gasteiger partial charge is 0.226 e. The number of nitrogens with zero attached hydrogens (tertiary/aromatic N) is 2. The molecule has 2 atom stereocenters. The summed E-state index contributed by atoms with van der Waals surface area (Å²) >= 11 is 5.88. The quantitative estimate of drug-likeness (QED) is 0.913. The van der Waals surface area contributed by atoms with E-state index in [4.69, 9.17) is 11.6 Å². The van der Waals surface area contributed by atoms with Gasteiger partial charge < -0.3 is 14.6 Å². The molecule has 4 nitrogen and oxygen atoms in total. The number of aromatic nitrogens is 1. The number of rotatable bonds is 4. The largest absolute Gasteiger partial charge is 0.388 e. The van der Waals surface area contributed by atoms with Gasteiger partial charge in [0.05, 0.1) is 18.6 Å². The maximum atomic E-state index is 12.8. The number of halogens is 1. The first-order valence-corrected chi connectivity index (χ1v) is 8.78. The van der Waals surface area contributed by atoms with Crippen LogP contribution in [0.5, 0.6) is 0 Å². The number of aliphatic hydroxyl groups excluding tert-OH is 1. The van der Waals surface area contributed by atoms with Gasteiger partial charge in [0, 0.05) is 30.5 Å². The van der Waals surface area contributed by atoms with Crippen molar-refractivity contribution in [3.8, 4) is 0 Å². The average molecular weight is 347 g/mol. The monoisotopic (exact) mass is 346 g/mol. The van der Waals surface area contributed by atoms with Crippen LogP contribution in [0, 0.1) is 0 Å². The van der Waals surface area contributed by atoms with E-state index in [2.05, 4.69) is 10.6 Å². The molecular formula is C19H23ClN2O2. The van der Waals surface area contributed by atoms with Crippen molar-refractivity contribution in [3.63, 3.8) is 0 Å². The minimum Gasteiger partial charge on any atom is -0.388 e. The van der Waals surface area contributed by atoms with Gasteiger partial charge in [0.1, 0.15) is 0 Å². The van der Waals surface area contributed by atoms with Crippen molar-refractivity contribution in [2.75, 3.05) is 6.54 Å². The lowest BCUT2D eigenvalue weighted by molar-refractivity contribution is -0.137. The molecule has 2 aromatic rings. The number of likely N-dealkylation sites (tertiary alicyclic amines) is 1. The lowest BCUT2D eigenvalue weighted by Gasteiger charge is -2.36. The number of hydrogen-bond acceptors (Lipinski definition) is 2. The summed E-state index contributed by atoms with van der Waals surface area (Å²) in [5.74, 6) is 0.00310.